The maximum atomic E-state index is 5.87. The van der Waals surface area contributed by atoms with E-state index in [0.29, 0.717) is 10.8 Å². The number of nitrogens with two attached hydrogens (primary N) is 1. The van der Waals surface area contributed by atoms with Crippen LogP contribution in [0, 0.1) is 0 Å². The van der Waals surface area contributed by atoms with Gasteiger partial charge in [-0.1, -0.05) is 18.2 Å². The van der Waals surface area contributed by atoms with Gasteiger partial charge in [-0.3, -0.25) is 10.4 Å². The monoisotopic (exact) mass is 341 g/mol. The standard InChI is InChI=1S/C16H19N7S/c17-15(14-12-18-6-7-19-14)20-21-16(24)23-10-8-22(9-11-23)13-4-2-1-3-5-13/h1-7,12H,8-11H2,(H2,17,20)(H,21,24). The minimum absolute atomic E-state index is 0.258. The molecule has 0 bridgehead atoms. The highest BCUT2D eigenvalue weighted by Gasteiger charge is 2.18. The van der Waals surface area contributed by atoms with Crippen LogP contribution in [0.1, 0.15) is 5.69 Å². The van der Waals surface area contributed by atoms with Crippen molar-refractivity contribution in [3.63, 3.8) is 0 Å². The Morgan fingerprint density at radius 2 is 1.88 bits per heavy atom. The Morgan fingerprint density at radius 1 is 1.12 bits per heavy atom. The van der Waals surface area contributed by atoms with Crippen molar-refractivity contribution in [1.29, 1.82) is 0 Å². The highest BCUT2D eigenvalue weighted by atomic mass is 32.1. The molecule has 1 saturated heterocycles. The Bertz CT molecular complexity index is 697. The van der Waals surface area contributed by atoms with E-state index in [1.165, 1.54) is 5.69 Å². The summed E-state index contributed by atoms with van der Waals surface area (Å²) in [6, 6.07) is 10.4. The zero-order valence-electron chi connectivity index (χ0n) is 13.2. The number of hydrazone groups is 1. The molecule has 0 spiro atoms. The lowest BCUT2D eigenvalue weighted by atomic mass is 10.2. The van der Waals surface area contributed by atoms with E-state index in [1.807, 2.05) is 6.07 Å². The van der Waals surface area contributed by atoms with Gasteiger partial charge in [0.2, 0.25) is 0 Å². The van der Waals surface area contributed by atoms with Gasteiger partial charge in [0.05, 0.1) is 6.20 Å². The molecule has 3 N–H and O–H groups in total. The molecule has 124 valence electrons. The molecule has 0 unspecified atom stereocenters. The number of nitrogens with one attached hydrogen (secondary N) is 1. The molecule has 8 heteroatoms. The molecule has 0 radical (unpaired) electrons. The van der Waals surface area contributed by atoms with E-state index < -0.39 is 0 Å². The van der Waals surface area contributed by atoms with Crippen LogP contribution in [0.2, 0.25) is 0 Å². The summed E-state index contributed by atoms with van der Waals surface area (Å²) in [6.07, 6.45) is 4.71. The first-order valence-corrected chi connectivity index (χ1v) is 8.09. The average Bonchev–Trinajstić information content (AvgIpc) is 2.67. The van der Waals surface area contributed by atoms with Gasteiger partial charge < -0.3 is 15.5 Å². The molecule has 7 nitrogen and oxygen atoms in total. The van der Waals surface area contributed by atoms with Crippen molar-refractivity contribution in [2.24, 2.45) is 10.8 Å². The Balaban J connectivity index is 1.52. The van der Waals surface area contributed by atoms with Gasteiger partial charge in [-0.25, -0.2) is 4.98 Å². The number of nitrogens with zero attached hydrogens (tertiary/aromatic N) is 5. The minimum atomic E-state index is 0.258. The molecule has 3 rings (SSSR count). The van der Waals surface area contributed by atoms with Crippen molar-refractivity contribution in [3.8, 4) is 0 Å². The van der Waals surface area contributed by atoms with E-state index in [9.17, 15) is 0 Å². The number of benzene rings is 1. The fourth-order valence-electron chi connectivity index (χ4n) is 2.47. The van der Waals surface area contributed by atoms with E-state index in [4.69, 9.17) is 18.0 Å². The third-order valence-electron chi connectivity index (χ3n) is 3.79. The number of aromatic nitrogens is 2. The SMILES string of the molecule is N/C(=N\NC(=S)N1CCN(c2ccccc2)CC1)c1cnccn1. The molecule has 2 aromatic rings. The maximum absolute atomic E-state index is 5.87. The smallest absolute Gasteiger partial charge is 0.189 e. The Labute approximate surface area is 146 Å². The topological polar surface area (TPSA) is 82.7 Å². The largest absolute Gasteiger partial charge is 0.380 e. The summed E-state index contributed by atoms with van der Waals surface area (Å²) in [6.45, 7) is 3.49. The van der Waals surface area contributed by atoms with Crippen LogP contribution in [0.3, 0.4) is 0 Å². The van der Waals surface area contributed by atoms with Crippen molar-refractivity contribution in [2.45, 2.75) is 0 Å². The van der Waals surface area contributed by atoms with Crippen molar-refractivity contribution in [2.75, 3.05) is 31.1 Å². The number of para-hydroxylation sites is 1. The van der Waals surface area contributed by atoms with Crippen molar-refractivity contribution in [1.82, 2.24) is 20.3 Å². The highest BCUT2D eigenvalue weighted by molar-refractivity contribution is 7.80. The summed E-state index contributed by atoms with van der Waals surface area (Å²) >= 11 is 5.40. The maximum Gasteiger partial charge on any atom is 0.189 e. The van der Waals surface area contributed by atoms with E-state index in [2.05, 4.69) is 54.6 Å². The van der Waals surface area contributed by atoms with Gasteiger partial charge in [-0.2, -0.15) is 5.10 Å². The highest BCUT2D eigenvalue weighted by Crippen LogP contribution is 2.15. The van der Waals surface area contributed by atoms with Crippen molar-refractivity contribution >= 4 is 28.9 Å². The van der Waals surface area contributed by atoms with Crippen LogP contribution in [0.25, 0.3) is 0 Å². The van der Waals surface area contributed by atoms with Crippen LogP contribution in [0.4, 0.5) is 5.69 Å². The summed E-state index contributed by atoms with van der Waals surface area (Å²) in [5, 5.41) is 4.66. The number of amidine groups is 1. The Kier molecular flexibility index (Phi) is 5.17. The summed E-state index contributed by atoms with van der Waals surface area (Å²) in [4.78, 5) is 12.5. The van der Waals surface area contributed by atoms with Gasteiger partial charge in [-0.05, 0) is 24.4 Å². The zero-order valence-corrected chi connectivity index (χ0v) is 14.0. The molecular formula is C16H19N7S. The fraction of sp³-hybridized carbons (Fsp3) is 0.250. The summed E-state index contributed by atoms with van der Waals surface area (Å²) in [5.41, 5.74) is 10.5. The number of anilines is 1. The lowest BCUT2D eigenvalue weighted by molar-refractivity contribution is 0.381. The van der Waals surface area contributed by atoms with Crippen LogP contribution in [-0.2, 0) is 0 Å². The minimum Gasteiger partial charge on any atom is -0.380 e. The molecule has 1 aromatic carbocycles. The van der Waals surface area contributed by atoms with E-state index in [1.54, 1.807) is 18.6 Å². The van der Waals surface area contributed by atoms with Crippen molar-refractivity contribution < 1.29 is 0 Å². The van der Waals surface area contributed by atoms with Crippen molar-refractivity contribution in [3.05, 3.63) is 54.6 Å². The van der Waals surface area contributed by atoms with Crippen LogP contribution in [-0.4, -0.2) is 52.0 Å². The Morgan fingerprint density at radius 3 is 2.54 bits per heavy atom. The van der Waals surface area contributed by atoms with Gasteiger partial charge >= 0.3 is 0 Å². The first-order valence-electron chi connectivity index (χ1n) is 7.68. The van der Waals surface area contributed by atoms with Crippen LogP contribution in [0.5, 0.6) is 0 Å². The molecule has 1 aliphatic rings. The van der Waals surface area contributed by atoms with E-state index in [-0.39, 0.29) is 5.84 Å². The van der Waals surface area contributed by atoms with Gasteiger partial charge in [0.15, 0.2) is 10.9 Å². The number of piperazine rings is 1. The number of hydrogen-bond donors (Lipinski definition) is 2. The number of rotatable bonds is 3. The first kappa shape index (κ1) is 16.1. The second kappa shape index (κ2) is 7.69. The molecule has 1 fully saturated rings. The molecule has 1 aromatic heterocycles. The normalized spacial score (nSPS) is 15.2. The van der Waals surface area contributed by atoms with Gasteiger partial charge in [0.1, 0.15) is 5.69 Å². The van der Waals surface area contributed by atoms with E-state index in [0.717, 1.165) is 26.2 Å². The van der Waals surface area contributed by atoms with Crippen LogP contribution >= 0.6 is 12.2 Å². The molecule has 0 saturated carbocycles. The second-order valence-electron chi connectivity index (χ2n) is 5.31. The van der Waals surface area contributed by atoms with Crippen LogP contribution in [0.15, 0.2) is 54.0 Å². The first-order chi connectivity index (χ1) is 11.7. The summed E-state index contributed by atoms with van der Waals surface area (Å²) in [5.74, 6) is 0.258. The molecule has 0 amide bonds. The lowest BCUT2D eigenvalue weighted by Crippen LogP contribution is -2.51. The fourth-order valence-corrected chi connectivity index (χ4v) is 2.70. The second-order valence-corrected chi connectivity index (χ2v) is 5.70. The molecule has 0 aliphatic carbocycles. The summed E-state index contributed by atoms with van der Waals surface area (Å²) < 4.78 is 0. The Hall–Kier alpha value is -2.74. The van der Waals surface area contributed by atoms with Gasteiger partial charge in [-0.15, -0.1) is 0 Å². The zero-order chi connectivity index (χ0) is 16.8. The van der Waals surface area contributed by atoms with Gasteiger partial charge in [0.25, 0.3) is 0 Å². The van der Waals surface area contributed by atoms with Gasteiger partial charge in [0, 0.05) is 44.3 Å². The third-order valence-corrected chi connectivity index (χ3v) is 4.14. The molecule has 1 aliphatic heterocycles. The van der Waals surface area contributed by atoms with E-state index >= 15 is 0 Å². The third kappa shape index (κ3) is 3.96. The molecule has 2 heterocycles. The summed E-state index contributed by atoms with van der Waals surface area (Å²) in [7, 11) is 0. The number of hydrogen-bond acceptors (Lipinski definition) is 5. The predicted octanol–water partition coefficient (Wildman–Crippen LogP) is 0.794. The quantitative estimate of drug-likeness (QED) is 0.370. The predicted molar refractivity (Wildman–Crippen MR) is 98.7 cm³/mol. The lowest BCUT2D eigenvalue weighted by Gasteiger charge is -2.36. The molecular weight excluding hydrogens is 322 g/mol. The molecule has 0 atom stereocenters. The molecule has 24 heavy (non-hydrogen) atoms. The average molecular weight is 341 g/mol. The van der Waals surface area contributed by atoms with Crippen LogP contribution < -0.4 is 16.1 Å². The number of thiocarbonyl (C=S) groups is 1.